The van der Waals surface area contributed by atoms with Crippen molar-refractivity contribution >= 4 is 15.9 Å². The van der Waals surface area contributed by atoms with Crippen LogP contribution in [0.15, 0.2) is 33.7 Å². The Morgan fingerprint density at radius 1 is 1.17 bits per heavy atom. The number of carbonyl (C=O) groups excluding carboxylic acids is 1. The Labute approximate surface area is 172 Å². The van der Waals surface area contributed by atoms with Crippen LogP contribution in [0.3, 0.4) is 0 Å². The Balaban J connectivity index is 1.79. The van der Waals surface area contributed by atoms with Gasteiger partial charge in [-0.2, -0.15) is 9.29 Å². The van der Waals surface area contributed by atoms with E-state index >= 15 is 0 Å². The van der Waals surface area contributed by atoms with Crippen LogP contribution in [-0.4, -0.2) is 41.9 Å². The molecule has 1 aromatic heterocycles. The summed E-state index contributed by atoms with van der Waals surface area (Å²) >= 11 is 0. The molecule has 160 valence electrons. The summed E-state index contributed by atoms with van der Waals surface area (Å²) in [5.74, 6) is 1.35. The normalized spacial score (nSPS) is 12.1. The van der Waals surface area contributed by atoms with Crippen LogP contribution in [0.5, 0.6) is 0 Å². The molecular formula is C20H30N4O4S. The molecule has 9 heteroatoms. The molecule has 0 saturated heterocycles. The summed E-state index contributed by atoms with van der Waals surface area (Å²) in [4.78, 5) is 16.6. The smallest absolute Gasteiger partial charge is 0.243 e. The zero-order chi connectivity index (χ0) is 21.6. The molecule has 1 amide bonds. The van der Waals surface area contributed by atoms with Crippen molar-refractivity contribution in [2.75, 3.05) is 7.05 Å². The minimum absolute atomic E-state index is 0.0789. The van der Waals surface area contributed by atoms with Gasteiger partial charge in [-0.3, -0.25) is 4.79 Å². The van der Waals surface area contributed by atoms with Crippen molar-refractivity contribution in [1.29, 1.82) is 0 Å². The van der Waals surface area contributed by atoms with E-state index in [1.54, 1.807) is 31.3 Å². The van der Waals surface area contributed by atoms with Crippen molar-refractivity contribution in [3.63, 3.8) is 0 Å². The second-order valence-corrected chi connectivity index (χ2v) is 9.59. The van der Waals surface area contributed by atoms with Gasteiger partial charge in [-0.1, -0.05) is 31.1 Å². The third kappa shape index (κ3) is 6.37. The van der Waals surface area contributed by atoms with Crippen LogP contribution in [0.25, 0.3) is 0 Å². The summed E-state index contributed by atoms with van der Waals surface area (Å²) in [7, 11) is -1.94. The van der Waals surface area contributed by atoms with Gasteiger partial charge in [-0.05, 0) is 38.0 Å². The van der Waals surface area contributed by atoms with Crippen LogP contribution in [0, 0.1) is 0 Å². The summed E-state index contributed by atoms with van der Waals surface area (Å²) in [6.45, 7) is 7.97. The van der Waals surface area contributed by atoms with E-state index in [1.807, 2.05) is 27.7 Å². The van der Waals surface area contributed by atoms with Crippen molar-refractivity contribution in [2.24, 2.45) is 0 Å². The van der Waals surface area contributed by atoms with Crippen molar-refractivity contribution in [2.45, 2.75) is 70.4 Å². The molecule has 0 fully saturated rings. The van der Waals surface area contributed by atoms with Gasteiger partial charge in [0.05, 0.1) is 4.90 Å². The standard InChI is InChI=1S/C20H30N4O4S/c1-14(2)20-22-19(28-23-20)8-6-7-18(25)21-13-16-9-11-17(12-10-16)29(26,27)24(5)15(3)4/h9-12,14-15H,6-8,13H2,1-5H3,(H,21,25). The van der Waals surface area contributed by atoms with Crippen LogP contribution in [0.1, 0.15) is 63.7 Å². The quantitative estimate of drug-likeness (QED) is 0.631. The maximum atomic E-state index is 12.5. The summed E-state index contributed by atoms with van der Waals surface area (Å²) in [5.41, 5.74) is 0.836. The second kappa shape index (κ2) is 9.98. The van der Waals surface area contributed by atoms with Crippen molar-refractivity contribution in [1.82, 2.24) is 19.8 Å². The van der Waals surface area contributed by atoms with E-state index in [0.717, 1.165) is 5.56 Å². The maximum Gasteiger partial charge on any atom is 0.243 e. The van der Waals surface area contributed by atoms with Crippen LogP contribution in [0.4, 0.5) is 0 Å². The highest BCUT2D eigenvalue weighted by Gasteiger charge is 2.22. The molecule has 0 saturated carbocycles. The molecule has 0 unspecified atom stereocenters. The minimum atomic E-state index is -3.50. The number of sulfonamides is 1. The number of hydrogen-bond donors (Lipinski definition) is 1. The van der Waals surface area contributed by atoms with Crippen LogP contribution in [0.2, 0.25) is 0 Å². The molecule has 1 N–H and O–H groups in total. The monoisotopic (exact) mass is 422 g/mol. The SMILES string of the molecule is CC(C)c1noc(CCCC(=O)NCc2ccc(S(=O)(=O)N(C)C(C)C)cc2)n1. The zero-order valence-electron chi connectivity index (χ0n) is 17.7. The van der Waals surface area contributed by atoms with Crippen LogP contribution < -0.4 is 5.32 Å². The first-order chi connectivity index (χ1) is 13.6. The van der Waals surface area contributed by atoms with E-state index in [4.69, 9.17) is 4.52 Å². The zero-order valence-corrected chi connectivity index (χ0v) is 18.5. The van der Waals surface area contributed by atoms with E-state index in [1.165, 1.54) is 4.31 Å². The minimum Gasteiger partial charge on any atom is -0.352 e. The fraction of sp³-hybridized carbons (Fsp3) is 0.550. The number of nitrogens with zero attached hydrogens (tertiary/aromatic N) is 3. The van der Waals surface area contributed by atoms with Gasteiger partial charge in [0.15, 0.2) is 5.82 Å². The van der Waals surface area contributed by atoms with Crippen molar-refractivity contribution in [3.8, 4) is 0 Å². The van der Waals surface area contributed by atoms with Gasteiger partial charge < -0.3 is 9.84 Å². The molecule has 2 rings (SSSR count). The number of benzene rings is 1. The first-order valence-electron chi connectivity index (χ1n) is 9.77. The molecule has 29 heavy (non-hydrogen) atoms. The number of rotatable bonds is 10. The maximum absolute atomic E-state index is 12.5. The summed E-state index contributed by atoms with van der Waals surface area (Å²) in [6.07, 6.45) is 1.53. The molecule has 0 aliphatic heterocycles. The molecule has 0 aliphatic carbocycles. The lowest BCUT2D eigenvalue weighted by molar-refractivity contribution is -0.121. The first-order valence-corrected chi connectivity index (χ1v) is 11.2. The Bertz CT molecular complexity index is 905. The van der Waals surface area contributed by atoms with E-state index in [0.29, 0.717) is 37.5 Å². The molecule has 8 nitrogen and oxygen atoms in total. The lowest BCUT2D eigenvalue weighted by Gasteiger charge is -2.21. The lowest BCUT2D eigenvalue weighted by Crippen LogP contribution is -2.33. The highest BCUT2D eigenvalue weighted by Crippen LogP contribution is 2.17. The number of nitrogens with one attached hydrogen (secondary N) is 1. The molecule has 0 atom stereocenters. The predicted molar refractivity (Wildman–Crippen MR) is 110 cm³/mol. The largest absolute Gasteiger partial charge is 0.352 e. The second-order valence-electron chi connectivity index (χ2n) is 7.59. The van der Waals surface area contributed by atoms with Crippen molar-refractivity contribution in [3.05, 3.63) is 41.5 Å². The highest BCUT2D eigenvalue weighted by atomic mass is 32.2. The number of carbonyl (C=O) groups is 1. The molecule has 1 aromatic carbocycles. The Kier molecular flexibility index (Phi) is 7.92. The van der Waals surface area contributed by atoms with E-state index in [2.05, 4.69) is 15.5 Å². The van der Waals surface area contributed by atoms with Gasteiger partial charge in [0.2, 0.25) is 21.8 Å². The van der Waals surface area contributed by atoms with Gasteiger partial charge in [-0.15, -0.1) is 0 Å². The average Bonchev–Trinajstić information content (AvgIpc) is 3.15. The summed E-state index contributed by atoms with van der Waals surface area (Å²) in [6, 6.07) is 6.44. The number of aromatic nitrogens is 2. The van der Waals surface area contributed by atoms with E-state index in [9.17, 15) is 13.2 Å². The molecule has 0 spiro atoms. The van der Waals surface area contributed by atoms with Crippen molar-refractivity contribution < 1.29 is 17.7 Å². The Morgan fingerprint density at radius 3 is 2.38 bits per heavy atom. The Hall–Kier alpha value is -2.26. The number of amides is 1. The third-order valence-corrected chi connectivity index (χ3v) is 6.66. The molecule has 0 bridgehead atoms. The Morgan fingerprint density at radius 2 is 1.83 bits per heavy atom. The molecular weight excluding hydrogens is 392 g/mol. The highest BCUT2D eigenvalue weighted by molar-refractivity contribution is 7.89. The fourth-order valence-electron chi connectivity index (χ4n) is 2.52. The predicted octanol–water partition coefficient (Wildman–Crippen LogP) is 2.86. The average molecular weight is 423 g/mol. The van der Waals surface area contributed by atoms with Gasteiger partial charge in [0.1, 0.15) is 0 Å². The summed E-state index contributed by atoms with van der Waals surface area (Å²) in [5, 5.41) is 6.74. The molecule has 0 aliphatic rings. The fourth-order valence-corrected chi connectivity index (χ4v) is 3.88. The van der Waals surface area contributed by atoms with Crippen LogP contribution in [-0.2, 0) is 27.8 Å². The van der Waals surface area contributed by atoms with Crippen LogP contribution >= 0.6 is 0 Å². The topological polar surface area (TPSA) is 105 Å². The van der Waals surface area contributed by atoms with E-state index < -0.39 is 10.0 Å². The number of aryl methyl sites for hydroxylation is 1. The number of hydrogen-bond acceptors (Lipinski definition) is 6. The van der Waals surface area contributed by atoms with Gasteiger partial charge in [-0.25, -0.2) is 8.42 Å². The summed E-state index contributed by atoms with van der Waals surface area (Å²) < 4.78 is 31.4. The lowest BCUT2D eigenvalue weighted by atomic mass is 10.2. The van der Waals surface area contributed by atoms with Gasteiger partial charge >= 0.3 is 0 Å². The molecule has 2 aromatic rings. The first kappa shape index (κ1) is 23.0. The van der Waals surface area contributed by atoms with Gasteiger partial charge in [0, 0.05) is 38.4 Å². The molecule has 0 radical (unpaired) electrons. The van der Waals surface area contributed by atoms with E-state index in [-0.39, 0.29) is 22.8 Å². The van der Waals surface area contributed by atoms with Gasteiger partial charge in [0.25, 0.3) is 0 Å². The third-order valence-electron chi connectivity index (χ3n) is 4.61. The molecule has 1 heterocycles.